The molecule has 0 aliphatic carbocycles. The quantitative estimate of drug-likeness (QED) is 0.462. The third-order valence-electron chi connectivity index (χ3n) is 4.64. The number of amides is 2. The zero-order chi connectivity index (χ0) is 17.2. The fourth-order valence-corrected chi connectivity index (χ4v) is 5.85. The van der Waals surface area contributed by atoms with Crippen LogP contribution in [0, 0.1) is 12.8 Å². The van der Waals surface area contributed by atoms with Crippen LogP contribution < -0.4 is 29.6 Å². The fourth-order valence-electron chi connectivity index (χ4n) is 3.73. The van der Waals surface area contributed by atoms with Gasteiger partial charge in [-0.25, -0.2) is 4.79 Å². The van der Waals surface area contributed by atoms with Crippen LogP contribution in [-0.4, -0.2) is 61.5 Å². The Morgan fingerprint density at radius 1 is 1.40 bits per heavy atom. The number of rotatable bonds is 3. The van der Waals surface area contributed by atoms with E-state index in [1.807, 2.05) is 6.92 Å². The zero-order valence-electron chi connectivity index (χ0n) is 14.9. The minimum atomic E-state index is -1.12. The van der Waals surface area contributed by atoms with Crippen molar-refractivity contribution in [2.75, 3.05) is 6.54 Å². The Balaban J connectivity index is 0.00000121. The molecule has 0 aromatic carbocycles. The van der Waals surface area contributed by atoms with E-state index in [1.54, 1.807) is 4.90 Å². The summed E-state index contributed by atoms with van der Waals surface area (Å²) in [7, 11) is 0. The van der Waals surface area contributed by atoms with E-state index in [9.17, 15) is 19.5 Å². The van der Waals surface area contributed by atoms with E-state index in [4.69, 9.17) is 0 Å². The van der Waals surface area contributed by atoms with Crippen LogP contribution >= 0.6 is 23.1 Å². The average molecular weight is 390 g/mol. The first-order chi connectivity index (χ1) is 11.4. The van der Waals surface area contributed by atoms with Gasteiger partial charge in [0, 0.05) is 24.3 Å². The van der Waals surface area contributed by atoms with Crippen molar-refractivity contribution >= 4 is 40.9 Å². The number of carboxylic acid groups (broad SMARTS) is 1. The molecule has 11 heteroatoms. The number of nitrogens with zero attached hydrogens (tertiary/aromatic N) is 4. The first kappa shape index (κ1) is 18.8. The zero-order valence-corrected chi connectivity index (χ0v) is 17.6. The minimum absolute atomic E-state index is 0. The molecule has 4 heterocycles. The number of hydrogen-bond acceptors (Lipinski definition) is 7. The summed E-state index contributed by atoms with van der Waals surface area (Å²) in [6.07, 6.45) is 0.527. The van der Waals surface area contributed by atoms with E-state index in [0.29, 0.717) is 22.2 Å². The molecule has 0 saturated carbocycles. The normalized spacial score (nSPS) is 27.0. The second-order valence-electron chi connectivity index (χ2n) is 6.05. The van der Waals surface area contributed by atoms with Gasteiger partial charge >= 0.3 is 35.5 Å². The van der Waals surface area contributed by atoms with Gasteiger partial charge in [-0.05, 0) is 13.3 Å². The van der Waals surface area contributed by atoms with Crippen molar-refractivity contribution in [1.82, 2.24) is 20.0 Å². The van der Waals surface area contributed by atoms with E-state index in [0.717, 1.165) is 5.01 Å². The number of aromatic nitrogens is 2. The van der Waals surface area contributed by atoms with E-state index in [1.165, 1.54) is 34.9 Å². The predicted octanol–water partition coefficient (Wildman–Crippen LogP) is -2.19. The largest absolute Gasteiger partial charge is 1.00 e. The van der Waals surface area contributed by atoms with Crippen LogP contribution in [0.4, 0.5) is 0 Å². The molecule has 1 aromatic heterocycles. The molecular formula is C14H15N4NaO4S2. The van der Waals surface area contributed by atoms with E-state index >= 15 is 0 Å². The van der Waals surface area contributed by atoms with Crippen LogP contribution in [0.15, 0.2) is 14.9 Å². The summed E-state index contributed by atoms with van der Waals surface area (Å²) in [6, 6.07) is -0.717. The minimum Gasteiger partial charge on any atom is -1.00 e. The fraction of sp³-hybridized carbons (Fsp3) is 0.500. The number of carbonyl (C=O) groups is 3. The molecule has 0 radical (unpaired) electrons. The van der Waals surface area contributed by atoms with Crippen molar-refractivity contribution < 1.29 is 50.5 Å². The van der Waals surface area contributed by atoms with Crippen molar-refractivity contribution in [3.05, 3.63) is 15.6 Å². The van der Waals surface area contributed by atoms with Crippen molar-refractivity contribution in [3.8, 4) is 0 Å². The average Bonchev–Trinajstić information content (AvgIpc) is 3.07. The number of carbonyl (C=O) groups excluding carboxylic acids is 2. The Bertz CT molecular complexity index is 817. The molecule has 2 amide bonds. The maximum absolute atomic E-state index is 12.5. The SMILES string of the molecule is CC(=O)N1C[C@H]2CC(Sc3nnc(C)s3)=C(C(=O)O)N3C(=O)[C@@H]1[C@@H]23.[H-].[Na+]. The molecule has 0 bridgehead atoms. The van der Waals surface area contributed by atoms with E-state index < -0.39 is 12.0 Å². The first-order valence-electron chi connectivity index (χ1n) is 7.43. The Morgan fingerprint density at radius 3 is 2.68 bits per heavy atom. The maximum atomic E-state index is 12.5. The number of aliphatic carboxylic acids is 1. The predicted molar refractivity (Wildman–Crippen MR) is 86.2 cm³/mol. The number of aryl methyl sites for hydroxylation is 1. The van der Waals surface area contributed by atoms with Crippen molar-refractivity contribution in [1.29, 1.82) is 0 Å². The smallest absolute Gasteiger partial charge is 1.00 e. The van der Waals surface area contributed by atoms with Gasteiger partial charge in [-0.3, -0.25) is 14.5 Å². The van der Waals surface area contributed by atoms with Crippen LogP contribution in [0.25, 0.3) is 0 Å². The molecule has 25 heavy (non-hydrogen) atoms. The van der Waals surface area contributed by atoms with Gasteiger partial charge in [-0.1, -0.05) is 23.1 Å². The standard InChI is InChI=1S/C14H14N4O4S2.Na.H/c1-5-15-16-14(23-5)24-8-3-7-4-17(6(2)19)11-9(7)18(12(11)20)10(8)13(21)22;;/h7,9,11H,3-4H2,1-2H3,(H,21,22);;/q;+1;-1/t7-,9-,11+;;/m1../s1. The van der Waals surface area contributed by atoms with Gasteiger partial charge in [-0.2, -0.15) is 0 Å². The summed E-state index contributed by atoms with van der Waals surface area (Å²) in [5.74, 6) is -1.50. The Morgan fingerprint density at radius 2 is 2.12 bits per heavy atom. The maximum Gasteiger partial charge on any atom is 1.00 e. The summed E-state index contributed by atoms with van der Waals surface area (Å²) in [6.45, 7) is 3.76. The summed E-state index contributed by atoms with van der Waals surface area (Å²) < 4.78 is 0.658. The summed E-state index contributed by atoms with van der Waals surface area (Å²) in [5.41, 5.74) is 0.0285. The van der Waals surface area contributed by atoms with Crippen LogP contribution in [0.5, 0.6) is 0 Å². The van der Waals surface area contributed by atoms with Crippen LogP contribution in [0.3, 0.4) is 0 Å². The molecule has 2 fully saturated rings. The molecule has 128 valence electrons. The van der Waals surface area contributed by atoms with Crippen LogP contribution in [-0.2, 0) is 14.4 Å². The third-order valence-corrected chi connectivity index (χ3v) is 6.64. The van der Waals surface area contributed by atoms with E-state index in [2.05, 4.69) is 10.2 Å². The molecular weight excluding hydrogens is 375 g/mol. The van der Waals surface area contributed by atoms with Crippen molar-refractivity contribution in [2.45, 2.75) is 36.7 Å². The molecule has 3 atom stereocenters. The van der Waals surface area contributed by atoms with Crippen molar-refractivity contribution in [3.63, 3.8) is 0 Å². The molecule has 3 aliphatic rings. The monoisotopic (exact) mass is 390 g/mol. The third kappa shape index (κ3) is 2.84. The van der Waals surface area contributed by atoms with E-state index in [-0.39, 0.29) is 60.5 Å². The number of hydrogen-bond donors (Lipinski definition) is 1. The van der Waals surface area contributed by atoms with Gasteiger partial charge in [-0.15, -0.1) is 10.2 Å². The summed E-state index contributed by atoms with van der Waals surface area (Å²) in [5, 5.41) is 18.4. The topological polar surface area (TPSA) is 104 Å². The number of β-lactam (4-membered cyclic amide) rings is 1. The van der Waals surface area contributed by atoms with Gasteiger partial charge in [0.15, 0.2) is 4.34 Å². The number of carboxylic acids is 1. The number of thioether (sulfide) groups is 1. The second kappa shape index (κ2) is 6.66. The molecule has 1 aromatic rings. The molecule has 0 spiro atoms. The molecule has 8 nitrogen and oxygen atoms in total. The Hall–Kier alpha value is -0.940. The second-order valence-corrected chi connectivity index (χ2v) is 8.57. The Labute approximate surface area is 175 Å². The van der Waals surface area contributed by atoms with Gasteiger partial charge < -0.3 is 11.4 Å². The van der Waals surface area contributed by atoms with Gasteiger partial charge in [0.25, 0.3) is 5.91 Å². The molecule has 3 aliphatic heterocycles. The van der Waals surface area contributed by atoms with Gasteiger partial charge in [0.1, 0.15) is 16.7 Å². The van der Waals surface area contributed by atoms with Crippen molar-refractivity contribution in [2.24, 2.45) is 5.92 Å². The number of likely N-dealkylation sites (tertiary alicyclic amines) is 1. The van der Waals surface area contributed by atoms with Gasteiger partial charge in [0.05, 0.1) is 6.04 Å². The number of allylic oxidation sites excluding steroid dienone is 1. The van der Waals surface area contributed by atoms with Crippen LogP contribution in [0.1, 0.15) is 19.8 Å². The molecule has 0 unspecified atom stereocenters. The van der Waals surface area contributed by atoms with Gasteiger partial charge in [0.2, 0.25) is 5.91 Å². The first-order valence-corrected chi connectivity index (χ1v) is 9.06. The molecule has 2 saturated heterocycles. The summed E-state index contributed by atoms with van der Waals surface area (Å²) >= 11 is 2.64. The summed E-state index contributed by atoms with van der Waals surface area (Å²) in [4.78, 5) is 39.6. The molecule has 1 N–H and O–H groups in total. The van der Waals surface area contributed by atoms with Crippen LogP contribution in [0.2, 0.25) is 0 Å². The Kier molecular flexibility index (Phi) is 5.02. The molecule has 4 rings (SSSR count).